The van der Waals surface area contributed by atoms with Gasteiger partial charge >= 0.3 is 6.11 Å². The lowest BCUT2D eigenvalue weighted by molar-refractivity contribution is -0.185. The fourth-order valence-corrected chi connectivity index (χ4v) is 5.42. The average molecular weight is 584 g/mol. The minimum Gasteiger partial charge on any atom is -0.427 e. The molecular weight excluding hydrogens is 567 g/mol. The highest BCUT2D eigenvalue weighted by Gasteiger charge is 2.39. The number of thiazole rings is 1. The number of hydrogen-bond donors (Lipinski definition) is 0. The summed E-state index contributed by atoms with van der Waals surface area (Å²) in [7, 11) is 0. The SMILES string of the molecule is Cc1ccc(-c2ccc3c(F)c(-c4ccc5nc(C(F)(F)Oc6cc(F)c(F)c(F)c6)sc5c4)c(F)cc3c2)cc1. The predicted molar refractivity (Wildman–Crippen MR) is 143 cm³/mol. The van der Waals surface area contributed by atoms with Gasteiger partial charge in [-0.1, -0.05) is 48.0 Å². The first-order chi connectivity index (χ1) is 19.5. The molecule has 0 saturated heterocycles. The minimum absolute atomic E-state index is 0.0813. The van der Waals surface area contributed by atoms with Crippen molar-refractivity contribution in [2.75, 3.05) is 0 Å². The lowest BCUT2D eigenvalue weighted by atomic mass is 9.96. The Labute approximate surface area is 232 Å². The fourth-order valence-electron chi connectivity index (χ4n) is 4.51. The van der Waals surface area contributed by atoms with Crippen LogP contribution in [0.1, 0.15) is 10.6 Å². The summed E-state index contributed by atoms with van der Waals surface area (Å²) >= 11 is 0.467. The Morgan fingerprint density at radius 2 is 1.34 bits per heavy atom. The summed E-state index contributed by atoms with van der Waals surface area (Å²) in [6.07, 6.45) is -4.14. The molecule has 41 heavy (non-hydrogen) atoms. The van der Waals surface area contributed by atoms with Crippen molar-refractivity contribution in [2.24, 2.45) is 0 Å². The summed E-state index contributed by atoms with van der Waals surface area (Å²) in [5.41, 5.74) is 2.60. The van der Waals surface area contributed by atoms with Crippen LogP contribution >= 0.6 is 11.3 Å². The standard InChI is InChI=1S/C31H16F7NOS/c1-15-2-4-16(5-3-15)17-6-8-21-19(10-17)11-22(32)27(28(21)35)18-7-9-25-26(12-18)41-30(39-25)31(37,38)40-20-13-23(33)29(36)24(34)14-20/h2-14H,1H3. The van der Waals surface area contributed by atoms with Crippen LogP contribution in [0.3, 0.4) is 0 Å². The smallest absolute Gasteiger partial charge is 0.427 e. The number of aromatic nitrogens is 1. The van der Waals surface area contributed by atoms with Crippen LogP contribution in [0.2, 0.25) is 0 Å². The highest BCUT2D eigenvalue weighted by molar-refractivity contribution is 7.18. The van der Waals surface area contributed by atoms with Gasteiger partial charge in [-0.05, 0) is 53.3 Å². The van der Waals surface area contributed by atoms with Crippen LogP contribution in [-0.2, 0) is 6.11 Å². The molecule has 6 rings (SSSR count). The third-order valence-electron chi connectivity index (χ3n) is 6.54. The molecule has 6 aromatic rings. The normalized spacial score (nSPS) is 11.9. The predicted octanol–water partition coefficient (Wildman–Crippen LogP) is 9.92. The van der Waals surface area contributed by atoms with E-state index in [-0.39, 0.29) is 38.9 Å². The van der Waals surface area contributed by atoms with E-state index in [4.69, 9.17) is 0 Å². The van der Waals surface area contributed by atoms with E-state index in [0.29, 0.717) is 16.7 Å². The minimum atomic E-state index is -4.14. The molecule has 0 radical (unpaired) electrons. The first-order valence-electron chi connectivity index (χ1n) is 12.1. The summed E-state index contributed by atoms with van der Waals surface area (Å²) in [6.45, 7) is 1.96. The Morgan fingerprint density at radius 3 is 2.05 bits per heavy atom. The van der Waals surface area contributed by atoms with Crippen molar-refractivity contribution < 1.29 is 35.5 Å². The van der Waals surface area contributed by atoms with Crippen molar-refractivity contribution >= 4 is 32.3 Å². The van der Waals surface area contributed by atoms with Crippen LogP contribution in [0.4, 0.5) is 30.7 Å². The van der Waals surface area contributed by atoms with Crippen molar-refractivity contribution in [3.05, 3.63) is 119 Å². The van der Waals surface area contributed by atoms with Gasteiger partial charge in [0.1, 0.15) is 17.4 Å². The van der Waals surface area contributed by atoms with E-state index in [9.17, 15) is 22.0 Å². The van der Waals surface area contributed by atoms with Gasteiger partial charge < -0.3 is 4.74 Å². The number of nitrogens with zero attached hydrogens (tertiary/aromatic N) is 1. The Kier molecular flexibility index (Phi) is 6.45. The first-order valence-corrected chi connectivity index (χ1v) is 12.9. The number of alkyl halides is 2. The lowest BCUT2D eigenvalue weighted by Crippen LogP contribution is -2.21. The van der Waals surface area contributed by atoms with E-state index in [1.165, 1.54) is 24.3 Å². The second-order valence-electron chi connectivity index (χ2n) is 9.37. The van der Waals surface area contributed by atoms with Crippen LogP contribution in [0.5, 0.6) is 5.75 Å². The zero-order chi connectivity index (χ0) is 29.1. The van der Waals surface area contributed by atoms with Gasteiger partial charge in [0.15, 0.2) is 17.5 Å². The summed E-state index contributed by atoms with van der Waals surface area (Å²) in [5.74, 6) is -7.82. The number of halogens is 7. The Hall–Kier alpha value is -4.44. The summed E-state index contributed by atoms with van der Waals surface area (Å²) < 4.78 is 105. The Bertz CT molecular complexity index is 1950. The average Bonchev–Trinajstić information content (AvgIpc) is 3.36. The highest BCUT2D eigenvalue weighted by Crippen LogP contribution is 2.40. The van der Waals surface area contributed by atoms with Crippen LogP contribution in [0.15, 0.2) is 78.9 Å². The van der Waals surface area contributed by atoms with E-state index in [1.807, 2.05) is 31.2 Å². The maximum absolute atomic E-state index is 15.7. The van der Waals surface area contributed by atoms with E-state index in [0.717, 1.165) is 16.7 Å². The largest absolute Gasteiger partial charge is 0.454 e. The molecular formula is C31H16F7NOS. The number of rotatable bonds is 5. The topological polar surface area (TPSA) is 22.1 Å². The third-order valence-corrected chi connectivity index (χ3v) is 7.61. The second kappa shape index (κ2) is 9.88. The fraction of sp³-hybridized carbons (Fsp3) is 0.0645. The number of hydrogen-bond acceptors (Lipinski definition) is 3. The molecule has 10 heteroatoms. The van der Waals surface area contributed by atoms with Crippen molar-refractivity contribution in [3.63, 3.8) is 0 Å². The molecule has 0 aliphatic rings. The monoisotopic (exact) mass is 583 g/mol. The van der Waals surface area contributed by atoms with Gasteiger partial charge in [-0.25, -0.2) is 26.9 Å². The van der Waals surface area contributed by atoms with Crippen molar-refractivity contribution in [2.45, 2.75) is 13.0 Å². The van der Waals surface area contributed by atoms with Gasteiger partial charge in [0.2, 0.25) is 5.01 Å². The zero-order valence-electron chi connectivity index (χ0n) is 20.9. The number of fused-ring (bicyclic) bond motifs is 2. The van der Waals surface area contributed by atoms with Gasteiger partial charge in [0.05, 0.1) is 15.8 Å². The van der Waals surface area contributed by atoms with Gasteiger partial charge in [-0.2, -0.15) is 8.78 Å². The maximum atomic E-state index is 15.7. The van der Waals surface area contributed by atoms with E-state index < -0.39 is 46.0 Å². The van der Waals surface area contributed by atoms with E-state index in [1.54, 1.807) is 18.2 Å². The van der Waals surface area contributed by atoms with Crippen LogP contribution in [-0.4, -0.2) is 4.98 Å². The zero-order valence-corrected chi connectivity index (χ0v) is 21.7. The Morgan fingerprint density at radius 1 is 0.683 bits per heavy atom. The van der Waals surface area contributed by atoms with Gasteiger partial charge in [-0.15, -0.1) is 11.3 Å². The molecule has 0 N–H and O–H groups in total. The molecule has 0 atom stereocenters. The summed E-state index contributed by atoms with van der Waals surface area (Å²) in [6, 6.07) is 18.5. The number of benzene rings is 5. The molecule has 0 unspecified atom stereocenters. The van der Waals surface area contributed by atoms with Crippen LogP contribution in [0.25, 0.3) is 43.2 Å². The molecule has 2 nitrogen and oxygen atoms in total. The van der Waals surface area contributed by atoms with Crippen LogP contribution < -0.4 is 4.74 Å². The molecule has 0 fully saturated rings. The third kappa shape index (κ3) is 4.88. The Balaban J connectivity index is 1.36. The molecule has 0 aliphatic heterocycles. The molecule has 1 aromatic heterocycles. The molecule has 0 spiro atoms. The molecule has 0 bridgehead atoms. The highest BCUT2D eigenvalue weighted by atomic mass is 32.1. The molecule has 0 saturated carbocycles. The first kappa shape index (κ1) is 26.8. The quantitative estimate of drug-likeness (QED) is 0.149. The van der Waals surface area contributed by atoms with Crippen molar-refractivity contribution in [3.8, 4) is 28.0 Å². The second-order valence-corrected chi connectivity index (χ2v) is 10.4. The van der Waals surface area contributed by atoms with Crippen LogP contribution in [0, 0.1) is 36.0 Å². The molecule has 206 valence electrons. The molecule has 1 heterocycles. The molecule has 0 amide bonds. The van der Waals surface area contributed by atoms with E-state index >= 15 is 8.78 Å². The van der Waals surface area contributed by atoms with Gasteiger partial charge in [0.25, 0.3) is 0 Å². The lowest BCUT2D eigenvalue weighted by Gasteiger charge is -2.15. The van der Waals surface area contributed by atoms with Gasteiger partial charge in [0, 0.05) is 17.5 Å². The van der Waals surface area contributed by atoms with E-state index in [2.05, 4.69) is 9.72 Å². The van der Waals surface area contributed by atoms with Crippen molar-refractivity contribution in [1.29, 1.82) is 0 Å². The summed E-state index contributed by atoms with van der Waals surface area (Å²) in [4.78, 5) is 3.81. The van der Waals surface area contributed by atoms with Gasteiger partial charge in [-0.3, -0.25) is 0 Å². The molecule has 0 aliphatic carbocycles. The molecule has 5 aromatic carbocycles. The van der Waals surface area contributed by atoms with Crippen molar-refractivity contribution in [1.82, 2.24) is 4.98 Å². The number of aryl methyl sites for hydroxylation is 1. The number of ether oxygens (including phenoxy) is 1. The summed E-state index contributed by atoms with van der Waals surface area (Å²) in [5, 5.41) is -0.340. The maximum Gasteiger partial charge on any atom is 0.454 e.